The zero-order valence-electron chi connectivity index (χ0n) is 10.1. The van der Waals surface area contributed by atoms with E-state index in [0.717, 1.165) is 23.2 Å². The van der Waals surface area contributed by atoms with Gasteiger partial charge in [-0.2, -0.15) is 0 Å². The summed E-state index contributed by atoms with van der Waals surface area (Å²) in [5, 5.41) is 1.13. The first kappa shape index (κ1) is 12.7. The third-order valence-corrected chi connectivity index (χ3v) is 3.60. The van der Waals surface area contributed by atoms with Gasteiger partial charge in [0.1, 0.15) is 0 Å². The molecule has 0 aromatic heterocycles. The highest BCUT2D eigenvalue weighted by molar-refractivity contribution is 9.09. The summed E-state index contributed by atoms with van der Waals surface area (Å²) in [7, 11) is 0. The van der Waals surface area contributed by atoms with Crippen LogP contribution < -0.4 is 9.47 Å². The van der Waals surface area contributed by atoms with Crippen LogP contribution >= 0.6 is 15.9 Å². The SMILES string of the molecule is BrCCCCCCCc1ccc2c(c1)OCO2. The van der Waals surface area contributed by atoms with Crippen molar-refractivity contribution in [1.29, 1.82) is 0 Å². The van der Waals surface area contributed by atoms with Gasteiger partial charge in [-0.3, -0.25) is 0 Å². The molecule has 0 aliphatic carbocycles. The van der Waals surface area contributed by atoms with Crippen LogP contribution in [0.25, 0.3) is 0 Å². The van der Waals surface area contributed by atoms with Gasteiger partial charge in [-0.1, -0.05) is 41.3 Å². The Labute approximate surface area is 111 Å². The second kappa shape index (κ2) is 6.90. The van der Waals surface area contributed by atoms with Crippen molar-refractivity contribution in [2.45, 2.75) is 38.5 Å². The largest absolute Gasteiger partial charge is 0.454 e. The third kappa shape index (κ3) is 3.91. The summed E-state index contributed by atoms with van der Waals surface area (Å²) in [5.74, 6) is 1.79. The minimum Gasteiger partial charge on any atom is -0.454 e. The molecular weight excluding hydrogens is 280 g/mol. The number of aryl methyl sites for hydroxylation is 1. The van der Waals surface area contributed by atoms with Gasteiger partial charge >= 0.3 is 0 Å². The molecule has 94 valence electrons. The highest BCUT2D eigenvalue weighted by atomic mass is 79.9. The van der Waals surface area contributed by atoms with E-state index in [2.05, 4.69) is 28.1 Å². The maximum atomic E-state index is 5.37. The van der Waals surface area contributed by atoms with Gasteiger partial charge in [0.15, 0.2) is 11.5 Å². The number of unbranched alkanes of at least 4 members (excludes halogenated alkanes) is 4. The number of fused-ring (bicyclic) bond motifs is 1. The normalized spacial score (nSPS) is 13.0. The summed E-state index contributed by atoms with van der Waals surface area (Å²) in [4.78, 5) is 0. The van der Waals surface area contributed by atoms with Crippen LogP contribution in [0.15, 0.2) is 18.2 Å². The first-order valence-corrected chi connectivity index (χ1v) is 7.47. The quantitative estimate of drug-likeness (QED) is 0.552. The monoisotopic (exact) mass is 298 g/mol. The zero-order chi connectivity index (χ0) is 11.9. The van der Waals surface area contributed by atoms with Gasteiger partial charge in [-0.25, -0.2) is 0 Å². The predicted octanol–water partition coefficient (Wildman–Crippen LogP) is 4.30. The summed E-state index contributed by atoms with van der Waals surface area (Å²) >= 11 is 3.46. The molecule has 0 bridgehead atoms. The molecule has 1 aliphatic rings. The molecule has 1 aromatic rings. The van der Waals surface area contributed by atoms with Gasteiger partial charge in [0.2, 0.25) is 6.79 Å². The van der Waals surface area contributed by atoms with Crippen LogP contribution in [-0.4, -0.2) is 12.1 Å². The Morgan fingerprint density at radius 1 is 0.941 bits per heavy atom. The lowest BCUT2D eigenvalue weighted by atomic mass is 10.1. The minimum absolute atomic E-state index is 0.366. The lowest BCUT2D eigenvalue weighted by Gasteiger charge is -2.03. The van der Waals surface area contributed by atoms with E-state index < -0.39 is 0 Å². The van der Waals surface area contributed by atoms with Gasteiger partial charge in [0.25, 0.3) is 0 Å². The van der Waals surface area contributed by atoms with Crippen molar-refractivity contribution in [1.82, 2.24) is 0 Å². The molecular formula is C14H19BrO2. The number of rotatable bonds is 7. The molecule has 0 unspecified atom stereocenters. The first-order valence-electron chi connectivity index (χ1n) is 6.34. The van der Waals surface area contributed by atoms with Gasteiger partial charge in [-0.05, 0) is 37.0 Å². The van der Waals surface area contributed by atoms with Crippen LogP contribution in [0, 0.1) is 0 Å². The molecule has 0 radical (unpaired) electrons. The molecule has 0 saturated carbocycles. The van der Waals surface area contributed by atoms with Crippen molar-refractivity contribution in [3.63, 3.8) is 0 Å². The molecule has 2 nitrogen and oxygen atoms in total. The van der Waals surface area contributed by atoms with Gasteiger partial charge in [-0.15, -0.1) is 0 Å². The topological polar surface area (TPSA) is 18.5 Å². The molecule has 0 atom stereocenters. The van der Waals surface area contributed by atoms with E-state index in [1.54, 1.807) is 0 Å². The smallest absolute Gasteiger partial charge is 0.231 e. The molecule has 1 aliphatic heterocycles. The Balaban J connectivity index is 1.69. The summed E-state index contributed by atoms with van der Waals surface area (Å²) in [6, 6.07) is 6.27. The van der Waals surface area contributed by atoms with Crippen LogP contribution in [0.4, 0.5) is 0 Å². The second-order valence-electron chi connectivity index (χ2n) is 4.39. The van der Waals surface area contributed by atoms with Crippen LogP contribution in [0.2, 0.25) is 0 Å². The average Bonchev–Trinajstić information content (AvgIpc) is 2.81. The maximum absolute atomic E-state index is 5.37. The number of hydrogen-bond donors (Lipinski definition) is 0. The standard InChI is InChI=1S/C14H19BrO2/c15-9-5-3-1-2-4-6-12-7-8-13-14(10-12)17-11-16-13/h7-8,10H,1-6,9,11H2. The number of ether oxygens (including phenoxy) is 2. The van der Waals surface area contributed by atoms with Crippen molar-refractivity contribution >= 4 is 15.9 Å². The average molecular weight is 299 g/mol. The minimum atomic E-state index is 0.366. The number of halogens is 1. The fourth-order valence-electron chi connectivity index (χ4n) is 2.05. The van der Waals surface area contributed by atoms with Crippen LogP contribution in [-0.2, 0) is 6.42 Å². The zero-order valence-corrected chi connectivity index (χ0v) is 11.7. The number of benzene rings is 1. The van der Waals surface area contributed by atoms with Crippen LogP contribution in [0.3, 0.4) is 0 Å². The molecule has 0 amide bonds. The van der Waals surface area contributed by atoms with Crippen LogP contribution in [0.1, 0.15) is 37.7 Å². The van der Waals surface area contributed by atoms with Crippen molar-refractivity contribution in [3.05, 3.63) is 23.8 Å². The molecule has 0 spiro atoms. The lowest BCUT2D eigenvalue weighted by Crippen LogP contribution is -1.93. The van der Waals surface area contributed by atoms with Crippen molar-refractivity contribution in [2.24, 2.45) is 0 Å². The highest BCUT2D eigenvalue weighted by Gasteiger charge is 2.12. The Kier molecular flexibility index (Phi) is 5.17. The van der Waals surface area contributed by atoms with Gasteiger partial charge < -0.3 is 9.47 Å². The summed E-state index contributed by atoms with van der Waals surface area (Å²) < 4.78 is 10.7. The van der Waals surface area contributed by atoms with E-state index in [1.165, 1.54) is 37.7 Å². The maximum Gasteiger partial charge on any atom is 0.231 e. The molecule has 0 saturated heterocycles. The summed E-state index contributed by atoms with van der Waals surface area (Å²) in [6.45, 7) is 0.366. The summed E-state index contributed by atoms with van der Waals surface area (Å²) in [5.41, 5.74) is 1.36. The van der Waals surface area contributed by atoms with Crippen molar-refractivity contribution in [3.8, 4) is 11.5 Å². The van der Waals surface area contributed by atoms with Crippen molar-refractivity contribution in [2.75, 3.05) is 12.1 Å². The Hall–Kier alpha value is -0.700. The van der Waals surface area contributed by atoms with Gasteiger partial charge in [0, 0.05) is 5.33 Å². The van der Waals surface area contributed by atoms with E-state index in [9.17, 15) is 0 Å². The fraction of sp³-hybridized carbons (Fsp3) is 0.571. The number of hydrogen-bond acceptors (Lipinski definition) is 2. The van der Waals surface area contributed by atoms with E-state index in [0.29, 0.717) is 6.79 Å². The van der Waals surface area contributed by atoms with Gasteiger partial charge in [0.05, 0.1) is 0 Å². The molecule has 1 aromatic carbocycles. The van der Waals surface area contributed by atoms with E-state index in [1.807, 2.05) is 6.07 Å². The second-order valence-corrected chi connectivity index (χ2v) is 5.19. The fourth-order valence-corrected chi connectivity index (χ4v) is 2.45. The molecule has 0 N–H and O–H groups in total. The van der Waals surface area contributed by atoms with E-state index in [-0.39, 0.29) is 0 Å². The molecule has 1 heterocycles. The Morgan fingerprint density at radius 2 is 1.71 bits per heavy atom. The first-order chi connectivity index (χ1) is 8.40. The number of alkyl halides is 1. The van der Waals surface area contributed by atoms with E-state index >= 15 is 0 Å². The van der Waals surface area contributed by atoms with Crippen LogP contribution in [0.5, 0.6) is 11.5 Å². The molecule has 17 heavy (non-hydrogen) atoms. The Morgan fingerprint density at radius 3 is 2.59 bits per heavy atom. The lowest BCUT2D eigenvalue weighted by molar-refractivity contribution is 0.174. The predicted molar refractivity (Wildman–Crippen MR) is 73.1 cm³/mol. The third-order valence-electron chi connectivity index (χ3n) is 3.04. The van der Waals surface area contributed by atoms with Crippen molar-refractivity contribution < 1.29 is 9.47 Å². The summed E-state index contributed by atoms with van der Waals surface area (Å²) in [6.07, 6.45) is 7.71. The Bertz CT molecular complexity index is 352. The molecule has 0 fully saturated rings. The molecule has 3 heteroatoms. The van der Waals surface area contributed by atoms with E-state index in [4.69, 9.17) is 9.47 Å². The molecule has 2 rings (SSSR count). The highest BCUT2D eigenvalue weighted by Crippen LogP contribution is 2.32.